The van der Waals surface area contributed by atoms with Crippen LogP contribution in [0.5, 0.6) is 0 Å². The molecule has 1 aromatic carbocycles. The maximum Gasteiger partial charge on any atom is 0.118 e. The highest BCUT2D eigenvalue weighted by Crippen LogP contribution is 2.27. The van der Waals surface area contributed by atoms with Gasteiger partial charge in [0.25, 0.3) is 0 Å². The predicted octanol–water partition coefficient (Wildman–Crippen LogP) is 3.11. The molecule has 0 bridgehead atoms. The summed E-state index contributed by atoms with van der Waals surface area (Å²) in [5.41, 5.74) is 7.43. The standard InChI is InChI=1S/C9H9ClO3.C7H13N.C2H6/c1-5-2-6(4-7(10)3-5)8(11)9(12)13;1-6(8)7-4-2-3-5-7;1-2/h2-4,8,11H,1H3,(H,12,13);7H,1-5,8H2;1-2H3/p-1. The summed E-state index contributed by atoms with van der Waals surface area (Å²) in [6.07, 6.45) is 3.63. The first-order valence-corrected chi connectivity index (χ1v) is 8.29. The predicted molar refractivity (Wildman–Crippen MR) is 92.8 cm³/mol. The Morgan fingerprint density at radius 1 is 1.35 bits per heavy atom. The first kappa shape index (κ1) is 21.5. The summed E-state index contributed by atoms with van der Waals surface area (Å²) in [6.45, 7) is 9.48. The molecule has 1 aliphatic carbocycles. The van der Waals surface area contributed by atoms with Crippen LogP contribution >= 0.6 is 11.6 Å². The summed E-state index contributed by atoms with van der Waals surface area (Å²) in [7, 11) is 0. The molecule has 1 atom stereocenters. The highest BCUT2D eigenvalue weighted by Gasteiger charge is 2.15. The summed E-state index contributed by atoms with van der Waals surface area (Å²) in [5, 5.41) is 19.8. The van der Waals surface area contributed by atoms with Gasteiger partial charge in [-0.3, -0.25) is 0 Å². The Bertz CT molecular complexity index is 491. The molecule has 5 heteroatoms. The number of nitrogens with two attached hydrogens (primary N) is 1. The Labute approximate surface area is 144 Å². The number of carbonyl (C=O) groups excluding carboxylic acids is 1. The number of halogens is 1. The van der Waals surface area contributed by atoms with Gasteiger partial charge in [0.1, 0.15) is 6.10 Å². The molecule has 0 amide bonds. The van der Waals surface area contributed by atoms with Crippen molar-refractivity contribution in [3.63, 3.8) is 0 Å². The van der Waals surface area contributed by atoms with Crippen molar-refractivity contribution in [2.24, 2.45) is 11.7 Å². The molecule has 0 aromatic heterocycles. The number of carbonyl (C=O) groups is 1. The Balaban J connectivity index is 0.000000414. The van der Waals surface area contributed by atoms with Gasteiger partial charge in [0.15, 0.2) is 0 Å². The van der Waals surface area contributed by atoms with Gasteiger partial charge >= 0.3 is 0 Å². The van der Waals surface area contributed by atoms with Crippen LogP contribution in [-0.2, 0) is 4.79 Å². The topological polar surface area (TPSA) is 86.4 Å². The van der Waals surface area contributed by atoms with E-state index in [1.54, 1.807) is 19.1 Å². The minimum Gasteiger partial charge on any atom is -0.547 e. The van der Waals surface area contributed by atoms with Crippen molar-refractivity contribution in [3.8, 4) is 0 Å². The zero-order valence-electron chi connectivity index (χ0n) is 14.1. The lowest BCUT2D eigenvalue weighted by Crippen LogP contribution is -2.29. The molecule has 0 radical (unpaired) electrons. The number of hydrogen-bond donors (Lipinski definition) is 2. The van der Waals surface area contributed by atoms with E-state index in [1.807, 2.05) is 13.8 Å². The van der Waals surface area contributed by atoms with E-state index in [-0.39, 0.29) is 5.56 Å². The van der Waals surface area contributed by atoms with Crippen LogP contribution in [0.3, 0.4) is 0 Å². The third-order valence-electron chi connectivity index (χ3n) is 3.48. The first-order chi connectivity index (χ1) is 10.8. The summed E-state index contributed by atoms with van der Waals surface area (Å²) in [5.74, 6) is -0.878. The third kappa shape index (κ3) is 8.05. The van der Waals surface area contributed by atoms with Gasteiger partial charge in [0, 0.05) is 10.7 Å². The van der Waals surface area contributed by atoms with Crippen LogP contribution < -0.4 is 10.8 Å². The molecule has 130 valence electrons. The van der Waals surface area contributed by atoms with Crippen molar-refractivity contribution in [3.05, 3.63) is 46.6 Å². The minimum absolute atomic E-state index is 0.241. The molecule has 1 saturated carbocycles. The lowest BCUT2D eigenvalue weighted by Gasteiger charge is -2.12. The summed E-state index contributed by atoms with van der Waals surface area (Å²) >= 11 is 5.67. The van der Waals surface area contributed by atoms with Crippen molar-refractivity contribution < 1.29 is 15.0 Å². The summed E-state index contributed by atoms with van der Waals surface area (Å²) in [4.78, 5) is 10.3. The number of benzene rings is 1. The van der Waals surface area contributed by atoms with Crippen molar-refractivity contribution in [2.45, 2.75) is 52.6 Å². The van der Waals surface area contributed by atoms with E-state index in [2.05, 4.69) is 6.58 Å². The van der Waals surface area contributed by atoms with E-state index in [1.165, 1.54) is 31.7 Å². The van der Waals surface area contributed by atoms with Crippen LogP contribution in [-0.4, -0.2) is 11.1 Å². The molecule has 23 heavy (non-hydrogen) atoms. The lowest BCUT2D eigenvalue weighted by molar-refractivity contribution is -0.315. The molecule has 1 aromatic rings. The van der Waals surface area contributed by atoms with Crippen molar-refractivity contribution in [1.82, 2.24) is 0 Å². The van der Waals surface area contributed by atoms with Gasteiger partial charge in [-0.2, -0.15) is 0 Å². The van der Waals surface area contributed by atoms with Crippen LogP contribution in [0.1, 0.15) is 56.8 Å². The molecule has 0 saturated heterocycles. The first-order valence-electron chi connectivity index (χ1n) is 7.91. The van der Waals surface area contributed by atoms with Gasteiger partial charge in [-0.15, -0.1) is 0 Å². The number of aliphatic carboxylic acids is 1. The number of rotatable bonds is 3. The van der Waals surface area contributed by atoms with Gasteiger partial charge in [-0.1, -0.05) is 50.9 Å². The van der Waals surface area contributed by atoms with Gasteiger partial charge in [0.2, 0.25) is 0 Å². The number of aryl methyl sites for hydroxylation is 1. The molecule has 2 rings (SSSR count). The number of aliphatic hydroxyl groups is 1. The Hall–Kier alpha value is -1.52. The van der Waals surface area contributed by atoms with E-state index in [0.717, 1.165) is 11.3 Å². The van der Waals surface area contributed by atoms with Crippen LogP contribution in [0.15, 0.2) is 30.5 Å². The van der Waals surface area contributed by atoms with Gasteiger partial charge < -0.3 is 20.7 Å². The number of carboxylic acids is 1. The fourth-order valence-corrected chi connectivity index (χ4v) is 2.65. The van der Waals surface area contributed by atoms with Crippen LogP contribution in [0.4, 0.5) is 0 Å². The van der Waals surface area contributed by atoms with Crippen LogP contribution in [0.25, 0.3) is 0 Å². The largest absolute Gasteiger partial charge is 0.547 e. The average molecular weight is 341 g/mol. The number of aliphatic hydroxyl groups excluding tert-OH is 1. The van der Waals surface area contributed by atoms with Crippen molar-refractivity contribution in [2.75, 3.05) is 0 Å². The van der Waals surface area contributed by atoms with Crippen LogP contribution in [0, 0.1) is 12.8 Å². The fraction of sp³-hybridized carbons (Fsp3) is 0.500. The molecular formula is C18H27ClNO3-. The molecule has 0 heterocycles. The van der Waals surface area contributed by atoms with E-state index in [9.17, 15) is 9.90 Å². The number of hydrogen-bond acceptors (Lipinski definition) is 4. The Morgan fingerprint density at radius 3 is 2.22 bits per heavy atom. The van der Waals surface area contributed by atoms with Crippen molar-refractivity contribution in [1.29, 1.82) is 0 Å². The van der Waals surface area contributed by atoms with Gasteiger partial charge in [-0.05, 0) is 48.9 Å². The Kier molecular flexibility index (Phi) is 10.4. The van der Waals surface area contributed by atoms with Crippen LogP contribution in [0.2, 0.25) is 5.02 Å². The maximum absolute atomic E-state index is 10.3. The van der Waals surface area contributed by atoms with Gasteiger partial charge in [-0.25, -0.2) is 0 Å². The second kappa shape index (κ2) is 11.1. The quantitative estimate of drug-likeness (QED) is 0.885. The second-order valence-corrected chi connectivity index (χ2v) is 5.78. The SMILES string of the molecule is C=C(N)C1CCCC1.CC.Cc1cc(Cl)cc(C(O)C(=O)[O-])c1. The summed E-state index contributed by atoms with van der Waals surface area (Å²) in [6, 6.07) is 4.62. The van der Waals surface area contributed by atoms with E-state index < -0.39 is 12.1 Å². The highest BCUT2D eigenvalue weighted by molar-refractivity contribution is 6.30. The maximum atomic E-state index is 10.3. The normalized spacial score (nSPS) is 14.8. The van der Waals surface area contributed by atoms with E-state index >= 15 is 0 Å². The smallest absolute Gasteiger partial charge is 0.118 e. The third-order valence-corrected chi connectivity index (χ3v) is 3.70. The molecule has 1 fully saturated rings. The molecule has 1 aliphatic rings. The number of allylic oxidation sites excluding steroid dienone is 1. The summed E-state index contributed by atoms with van der Waals surface area (Å²) < 4.78 is 0. The molecule has 1 unspecified atom stereocenters. The molecule has 0 aliphatic heterocycles. The van der Waals surface area contributed by atoms with Gasteiger partial charge in [0.05, 0.1) is 5.97 Å². The Morgan fingerprint density at radius 2 is 1.87 bits per heavy atom. The molecular weight excluding hydrogens is 314 g/mol. The van der Waals surface area contributed by atoms with E-state index in [4.69, 9.17) is 22.4 Å². The zero-order valence-corrected chi connectivity index (χ0v) is 14.9. The monoisotopic (exact) mass is 340 g/mol. The average Bonchev–Trinajstić information content (AvgIpc) is 3.02. The lowest BCUT2D eigenvalue weighted by atomic mass is 10.1. The fourth-order valence-electron chi connectivity index (χ4n) is 2.36. The van der Waals surface area contributed by atoms with Crippen molar-refractivity contribution >= 4 is 17.6 Å². The van der Waals surface area contributed by atoms with E-state index in [0.29, 0.717) is 10.9 Å². The second-order valence-electron chi connectivity index (χ2n) is 5.34. The molecule has 0 spiro atoms. The zero-order chi connectivity index (χ0) is 18.0. The molecule has 4 nitrogen and oxygen atoms in total. The number of carboxylic acid groups (broad SMARTS) is 1. The molecule has 3 N–H and O–H groups in total. The highest BCUT2D eigenvalue weighted by atomic mass is 35.5. The minimum atomic E-state index is -1.61.